The Kier molecular flexibility index (Phi) is 2.70. The second-order valence-corrected chi connectivity index (χ2v) is 3.67. The molecule has 0 amide bonds. The lowest BCUT2D eigenvalue weighted by molar-refractivity contribution is 0.369. The van der Waals surface area contributed by atoms with Crippen LogP contribution < -0.4 is 4.74 Å². The van der Waals surface area contributed by atoms with Crippen LogP contribution in [0.1, 0.15) is 0 Å². The van der Waals surface area contributed by atoms with Gasteiger partial charge >= 0.3 is 10.2 Å². The second-order valence-electron chi connectivity index (χ2n) is 2.36. The molecular formula is C7H5F3O3S. The first-order chi connectivity index (χ1) is 6.36. The SMILES string of the molecule is COc1c(F)cc(F)cc1S(=O)(=O)F. The molecule has 0 radical (unpaired) electrons. The van der Waals surface area contributed by atoms with Crippen LogP contribution in [0.2, 0.25) is 0 Å². The molecule has 0 bridgehead atoms. The standard InChI is InChI=1S/C7H5F3O3S/c1-13-7-5(9)2-4(8)3-6(7)14(10,11)12/h2-3H,1H3. The lowest BCUT2D eigenvalue weighted by atomic mass is 10.3. The van der Waals surface area contributed by atoms with E-state index >= 15 is 0 Å². The maximum absolute atomic E-state index is 12.8. The van der Waals surface area contributed by atoms with Crippen molar-refractivity contribution in [1.82, 2.24) is 0 Å². The van der Waals surface area contributed by atoms with Crippen molar-refractivity contribution in [2.75, 3.05) is 7.11 Å². The van der Waals surface area contributed by atoms with Crippen LogP contribution >= 0.6 is 0 Å². The molecule has 0 aliphatic heterocycles. The maximum atomic E-state index is 12.8. The van der Waals surface area contributed by atoms with E-state index in [1.54, 1.807) is 0 Å². The van der Waals surface area contributed by atoms with Crippen LogP contribution in [-0.4, -0.2) is 15.5 Å². The van der Waals surface area contributed by atoms with Crippen LogP contribution in [0.25, 0.3) is 0 Å². The monoisotopic (exact) mass is 226 g/mol. The minimum atomic E-state index is -5.20. The minimum absolute atomic E-state index is 0.344. The number of hydrogen-bond donors (Lipinski definition) is 0. The summed E-state index contributed by atoms with van der Waals surface area (Å²) < 4.78 is 63.1. The summed E-state index contributed by atoms with van der Waals surface area (Å²) in [6.07, 6.45) is 0. The first-order valence-electron chi connectivity index (χ1n) is 3.34. The number of hydrogen-bond acceptors (Lipinski definition) is 3. The fourth-order valence-electron chi connectivity index (χ4n) is 0.916. The zero-order valence-corrected chi connectivity index (χ0v) is 7.74. The van der Waals surface area contributed by atoms with Gasteiger partial charge in [-0.15, -0.1) is 3.89 Å². The summed E-state index contributed by atoms with van der Waals surface area (Å²) >= 11 is 0. The highest BCUT2D eigenvalue weighted by molar-refractivity contribution is 7.86. The summed E-state index contributed by atoms with van der Waals surface area (Å²) in [7, 11) is -4.25. The number of ether oxygens (including phenoxy) is 1. The van der Waals surface area contributed by atoms with Crippen LogP contribution in [-0.2, 0) is 10.2 Å². The van der Waals surface area contributed by atoms with E-state index in [4.69, 9.17) is 0 Å². The number of halogens is 3. The van der Waals surface area contributed by atoms with Gasteiger partial charge in [0.2, 0.25) is 0 Å². The third kappa shape index (κ3) is 1.98. The van der Waals surface area contributed by atoms with Crippen molar-refractivity contribution in [2.45, 2.75) is 4.90 Å². The highest BCUT2D eigenvalue weighted by Crippen LogP contribution is 2.29. The van der Waals surface area contributed by atoms with Crippen LogP contribution in [0.3, 0.4) is 0 Å². The molecule has 1 aromatic rings. The summed E-state index contributed by atoms with van der Waals surface area (Å²) in [4.78, 5) is -1.16. The Balaban J connectivity index is 3.56. The molecule has 0 saturated carbocycles. The molecule has 1 rings (SSSR count). The average molecular weight is 226 g/mol. The lowest BCUT2D eigenvalue weighted by Crippen LogP contribution is -2.00. The van der Waals surface area contributed by atoms with E-state index < -0.39 is 32.5 Å². The Morgan fingerprint density at radius 3 is 2.29 bits per heavy atom. The Morgan fingerprint density at radius 1 is 1.29 bits per heavy atom. The largest absolute Gasteiger partial charge is 0.492 e. The van der Waals surface area contributed by atoms with Gasteiger partial charge in [-0.25, -0.2) is 8.78 Å². The van der Waals surface area contributed by atoms with E-state index in [0.717, 1.165) is 7.11 Å². The first-order valence-corrected chi connectivity index (χ1v) is 4.72. The summed E-state index contributed by atoms with van der Waals surface area (Å²) in [6, 6.07) is 0.741. The van der Waals surface area contributed by atoms with Gasteiger partial charge in [-0.05, 0) is 6.07 Å². The van der Waals surface area contributed by atoms with Gasteiger partial charge in [0.25, 0.3) is 0 Å². The molecule has 3 nitrogen and oxygen atoms in total. The fraction of sp³-hybridized carbons (Fsp3) is 0.143. The van der Waals surface area contributed by atoms with Crippen LogP contribution in [0, 0.1) is 11.6 Å². The quantitative estimate of drug-likeness (QED) is 0.720. The Hall–Kier alpha value is -1.24. The van der Waals surface area contributed by atoms with E-state index in [-0.39, 0.29) is 0 Å². The molecule has 0 saturated heterocycles. The molecule has 0 heterocycles. The lowest BCUT2D eigenvalue weighted by Gasteiger charge is -2.05. The predicted octanol–water partition coefficient (Wildman–Crippen LogP) is 1.63. The molecule has 0 N–H and O–H groups in total. The molecule has 0 fully saturated rings. The van der Waals surface area contributed by atoms with E-state index in [9.17, 15) is 21.1 Å². The van der Waals surface area contributed by atoms with Gasteiger partial charge in [0.05, 0.1) is 7.11 Å². The van der Waals surface area contributed by atoms with Crippen LogP contribution in [0.5, 0.6) is 5.75 Å². The van der Waals surface area contributed by atoms with Gasteiger partial charge in [0.1, 0.15) is 10.7 Å². The third-order valence-corrected chi connectivity index (χ3v) is 2.27. The minimum Gasteiger partial charge on any atom is -0.492 e. The zero-order valence-electron chi connectivity index (χ0n) is 6.92. The molecule has 1 aromatic carbocycles. The van der Waals surface area contributed by atoms with Crippen LogP contribution in [0.4, 0.5) is 12.7 Å². The van der Waals surface area contributed by atoms with Gasteiger partial charge in [-0.1, -0.05) is 0 Å². The zero-order chi connectivity index (χ0) is 10.9. The van der Waals surface area contributed by atoms with E-state index in [2.05, 4.69) is 4.74 Å². The van der Waals surface area contributed by atoms with Gasteiger partial charge in [0.15, 0.2) is 11.6 Å². The van der Waals surface area contributed by atoms with E-state index in [0.29, 0.717) is 12.1 Å². The van der Waals surface area contributed by atoms with Crippen molar-refractivity contribution in [1.29, 1.82) is 0 Å². The maximum Gasteiger partial charge on any atom is 0.336 e. The molecule has 0 spiro atoms. The smallest absolute Gasteiger partial charge is 0.336 e. The Labute approximate surface area is 78.3 Å². The molecule has 0 unspecified atom stereocenters. The molecule has 0 aliphatic rings. The summed E-state index contributed by atoms with van der Waals surface area (Å²) in [5.74, 6) is -3.31. The van der Waals surface area contributed by atoms with E-state index in [1.807, 2.05) is 0 Å². The van der Waals surface area contributed by atoms with Crippen molar-refractivity contribution in [2.24, 2.45) is 0 Å². The van der Waals surface area contributed by atoms with Gasteiger partial charge in [-0.3, -0.25) is 0 Å². The van der Waals surface area contributed by atoms with Crippen molar-refractivity contribution in [3.05, 3.63) is 23.8 Å². The summed E-state index contributed by atoms with van der Waals surface area (Å²) in [5.41, 5.74) is 0. The topological polar surface area (TPSA) is 43.4 Å². The molecule has 0 atom stereocenters. The summed E-state index contributed by atoms with van der Waals surface area (Å²) in [6.45, 7) is 0. The van der Waals surface area contributed by atoms with Crippen LogP contribution in [0.15, 0.2) is 17.0 Å². The Bertz CT molecular complexity index is 455. The number of rotatable bonds is 2. The molecule has 0 aromatic heterocycles. The Morgan fingerprint density at radius 2 is 1.86 bits per heavy atom. The highest BCUT2D eigenvalue weighted by atomic mass is 32.3. The second kappa shape index (κ2) is 3.49. The third-order valence-electron chi connectivity index (χ3n) is 1.44. The average Bonchev–Trinajstić information content (AvgIpc) is 2.01. The molecule has 7 heteroatoms. The highest BCUT2D eigenvalue weighted by Gasteiger charge is 2.23. The van der Waals surface area contributed by atoms with E-state index in [1.165, 1.54) is 0 Å². The van der Waals surface area contributed by atoms with Crippen molar-refractivity contribution >= 4 is 10.2 Å². The van der Waals surface area contributed by atoms with Crippen molar-refractivity contribution in [3.63, 3.8) is 0 Å². The molecule has 14 heavy (non-hydrogen) atoms. The van der Waals surface area contributed by atoms with Crippen molar-refractivity contribution < 1.29 is 25.8 Å². The number of benzene rings is 1. The van der Waals surface area contributed by atoms with Crippen molar-refractivity contribution in [3.8, 4) is 5.75 Å². The fourth-order valence-corrected chi connectivity index (χ4v) is 1.57. The number of methoxy groups -OCH3 is 1. The van der Waals surface area contributed by atoms with Gasteiger partial charge in [0, 0.05) is 6.07 Å². The predicted molar refractivity (Wildman–Crippen MR) is 41.2 cm³/mol. The first kappa shape index (κ1) is 10.8. The summed E-state index contributed by atoms with van der Waals surface area (Å²) in [5, 5.41) is 0. The molecule has 0 aliphatic carbocycles. The van der Waals surface area contributed by atoms with Gasteiger partial charge < -0.3 is 4.74 Å². The molecular weight excluding hydrogens is 221 g/mol. The molecule has 78 valence electrons. The van der Waals surface area contributed by atoms with Gasteiger partial charge in [-0.2, -0.15) is 8.42 Å². The normalized spacial score (nSPS) is 11.4.